The van der Waals surface area contributed by atoms with Crippen LogP contribution in [0.5, 0.6) is 0 Å². The first-order chi connectivity index (χ1) is 13.3. The Balaban J connectivity index is 1.66. The molecule has 25 heavy (non-hydrogen) atoms. The molecule has 0 unspecified atom stereocenters. The largest absolute Gasteiger partial charge is 0.446 e. The number of nitrogens with one attached hydrogen (secondary N) is 1. The summed E-state index contributed by atoms with van der Waals surface area (Å²) in [4.78, 5) is 12.4. The van der Waals surface area contributed by atoms with Gasteiger partial charge in [0.1, 0.15) is 6.10 Å². The highest BCUT2D eigenvalue weighted by Gasteiger charge is 2.22. The lowest BCUT2D eigenvalue weighted by atomic mass is 9.91. The van der Waals surface area contributed by atoms with Gasteiger partial charge in [0.15, 0.2) is 0 Å². The normalized spacial score (nSPS) is 20.8. The zero-order valence-corrected chi connectivity index (χ0v) is 14.2. The van der Waals surface area contributed by atoms with E-state index in [0.717, 1.165) is 16.3 Å². The molecule has 0 heterocycles. The molecular weight excluding hydrogens is 310 g/mol. The number of amides is 1. The average molecular weight is 336 g/mol. The summed E-state index contributed by atoms with van der Waals surface area (Å²) in [5.74, 6) is 2.46. The van der Waals surface area contributed by atoms with Crippen LogP contribution in [0.3, 0.4) is 0 Å². The third-order valence-electron chi connectivity index (χ3n) is 4.58. The van der Waals surface area contributed by atoms with Crippen LogP contribution in [0.15, 0.2) is 53.6 Å². The molecule has 0 aliphatic heterocycles. The molecule has 1 aliphatic carbocycles. The topological polar surface area (TPSA) is 38.3 Å². The van der Waals surface area contributed by atoms with Gasteiger partial charge in [-0.05, 0) is 43.0 Å². The Hall–Kier alpha value is -2.73. The molecule has 3 heteroatoms. The summed E-state index contributed by atoms with van der Waals surface area (Å²) < 4.78 is 28.3. The maximum atomic E-state index is 12.4. The number of hydrogen-bond donors (Lipinski definition) is 1. The van der Waals surface area contributed by atoms with Gasteiger partial charge in [0.05, 0.1) is 6.04 Å². The summed E-state index contributed by atoms with van der Waals surface area (Å²) in [6, 6.07) is 13.7. The number of terminal acetylenes is 1. The SMILES string of the molecule is [2H]C([2H])([2H])C1=C(C#C)C[C@H](OC(=O)N[C@@H](C)c2cccc3ccccc23)CC1. The molecule has 1 amide bonds. The molecule has 128 valence electrons. The third kappa shape index (κ3) is 3.85. The molecule has 0 saturated carbocycles. The van der Waals surface area contributed by atoms with Gasteiger partial charge in [-0.1, -0.05) is 54.0 Å². The number of fused-ring (bicyclic) bond motifs is 1. The van der Waals surface area contributed by atoms with Crippen LogP contribution in [0.25, 0.3) is 10.8 Å². The van der Waals surface area contributed by atoms with Gasteiger partial charge < -0.3 is 10.1 Å². The number of benzene rings is 2. The van der Waals surface area contributed by atoms with Crippen molar-refractivity contribution in [3.63, 3.8) is 0 Å². The summed E-state index contributed by atoms with van der Waals surface area (Å²) in [5.41, 5.74) is 1.73. The molecule has 2 atom stereocenters. The molecule has 0 bridgehead atoms. The molecule has 0 aromatic heterocycles. The van der Waals surface area contributed by atoms with E-state index in [4.69, 9.17) is 15.3 Å². The molecule has 1 aliphatic rings. The lowest BCUT2D eigenvalue weighted by Gasteiger charge is -2.25. The Morgan fingerprint density at radius 3 is 2.96 bits per heavy atom. The highest BCUT2D eigenvalue weighted by Crippen LogP contribution is 2.27. The van der Waals surface area contributed by atoms with Crippen molar-refractivity contribution in [3.05, 3.63) is 59.2 Å². The number of carbonyl (C=O) groups is 1. The fourth-order valence-corrected chi connectivity index (χ4v) is 3.22. The zero-order valence-electron chi connectivity index (χ0n) is 17.2. The molecule has 0 radical (unpaired) electrons. The van der Waals surface area contributed by atoms with Gasteiger partial charge in [0.25, 0.3) is 0 Å². The van der Waals surface area contributed by atoms with Crippen molar-refractivity contribution in [1.82, 2.24) is 5.32 Å². The summed E-state index contributed by atoms with van der Waals surface area (Å²) in [6.45, 7) is -0.290. The second-order valence-electron chi connectivity index (χ2n) is 6.31. The van der Waals surface area contributed by atoms with Crippen LogP contribution in [0.2, 0.25) is 0 Å². The Bertz CT molecular complexity index is 951. The van der Waals surface area contributed by atoms with Crippen molar-refractivity contribution >= 4 is 16.9 Å². The van der Waals surface area contributed by atoms with Gasteiger partial charge in [-0.2, -0.15) is 0 Å². The van der Waals surface area contributed by atoms with Crippen LogP contribution < -0.4 is 5.32 Å². The van der Waals surface area contributed by atoms with Gasteiger partial charge in [0, 0.05) is 16.1 Å². The van der Waals surface area contributed by atoms with E-state index < -0.39 is 19.0 Å². The van der Waals surface area contributed by atoms with Gasteiger partial charge in [0.2, 0.25) is 0 Å². The van der Waals surface area contributed by atoms with Crippen molar-refractivity contribution in [1.29, 1.82) is 0 Å². The smallest absolute Gasteiger partial charge is 0.407 e. The van der Waals surface area contributed by atoms with E-state index in [1.165, 1.54) is 0 Å². The summed E-state index contributed by atoms with van der Waals surface area (Å²) in [6.07, 6.45) is 5.56. The van der Waals surface area contributed by atoms with Gasteiger partial charge in [-0.25, -0.2) is 4.79 Å². The molecule has 0 saturated heterocycles. The zero-order chi connectivity index (χ0) is 20.3. The third-order valence-corrected chi connectivity index (χ3v) is 4.58. The molecule has 3 rings (SSSR count). The fourth-order valence-electron chi connectivity index (χ4n) is 3.22. The van der Waals surface area contributed by atoms with Crippen molar-refractivity contribution in [2.75, 3.05) is 0 Å². The van der Waals surface area contributed by atoms with Gasteiger partial charge in [-0.3, -0.25) is 0 Å². The van der Waals surface area contributed by atoms with E-state index in [1.807, 2.05) is 49.4 Å². The highest BCUT2D eigenvalue weighted by atomic mass is 16.6. The van der Waals surface area contributed by atoms with Crippen LogP contribution in [-0.4, -0.2) is 12.2 Å². The van der Waals surface area contributed by atoms with Crippen LogP contribution in [0.4, 0.5) is 4.79 Å². The minimum absolute atomic E-state index is 0.234. The lowest BCUT2D eigenvalue weighted by molar-refractivity contribution is 0.0880. The van der Waals surface area contributed by atoms with E-state index in [9.17, 15) is 4.79 Å². The van der Waals surface area contributed by atoms with E-state index in [0.29, 0.717) is 24.0 Å². The molecular formula is C22H23NO2. The molecule has 0 spiro atoms. The monoisotopic (exact) mass is 336 g/mol. The van der Waals surface area contributed by atoms with Crippen LogP contribution in [-0.2, 0) is 4.74 Å². The average Bonchev–Trinajstić information content (AvgIpc) is 2.66. The van der Waals surface area contributed by atoms with Gasteiger partial charge >= 0.3 is 6.09 Å². The second-order valence-corrected chi connectivity index (χ2v) is 6.31. The van der Waals surface area contributed by atoms with Crippen molar-refractivity contribution in [3.8, 4) is 12.3 Å². The maximum absolute atomic E-state index is 12.4. The Morgan fingerprint density at radius 1 is 1.36 bits per heavy atom. The summed E-state index contributed by atoms with van der Waals surface area (Å²) in [5, 5.41) is 5.06. The van der Waals surface area contributed by atoms with E-state index in [2.05, 4.69) is 11.2 Å². The predicted octanol–water partition coefficient (Wildman–Crippen LogP) is 5.13. The Kier molecular flexibility index (Phi) is 4.03. The molecule has 2 aromatic carbocycles. The van der Waals surface area contributed by atoms with Gasteiger partial charge in [-0.15, -0.1) is 6.42 Å². The predicted molar refractivity (Wildman–Crippen MR) is 101 cm³/mol. The molecule has 1 N–H and O–H groups in total. The van der Waals surface area contributed by atoms with Crippen molar-refractivity contribution in [2.24, 2.45) is 0 Å². The summed E-state index contributed by atoms with van der Waals surface area (Å²) >= 11 is 0. The molecule has 0 fully saturated rings. The first kappa shape index (κ1) is 13.5. The Labute approximate surface area is 153 Å². The fraction of sp³-hybridized carbons (Fsp3) is 0.318. The molecule has 2 aromatic rings. The lowest BCUT2D eigenvalue weighted by Crippen LogP contribution is -2.32. The first-order valence-corrected chi connectivity index (χ1v) is 8.43. The van der Waals surface area contributed by atoms with Crippen LogP contribution in [0.1, 0.15) is 48.8 Å². The number of carbonyl (C=O) groups excluding carboxylic acids is 1. The van der Waals surface area contributed by atoms with Crippen LogP contribution >= 0.6 is 0 Å². The van der Waals surface area contributed by atoms with Crippen molar-refractivity contribution in [2.45, 2.75) is 45.2 Å². The van der Waals surface area contributed by atoms with E-state index in [-0.39, 0.29) is 12.5 Å². The standard InChI is InChI=1S/C22H23NO2/c1-4-17-14-19(13-12-15(17)2)25-22(24)23-16(3)20-11-7-9-18-8-5-6-10-21(18)20/h1,5-11,16,19H,12-14H2,2-3H3,(H,23,24)/t16-,19+/m0/s1/i2D3. The molecule has 3 nitrogen and oxygen atoms in total. The minimum atomic E-state index is -2.20. The van der Waals surface area contributed by atoms with Crippen molar-refractivity contribution < 1.29 is 13.6 Å². The number of allylic oxidation sites excluding steroid dienone is 1. The highest BCUT2D eigenvalue weighted by molar-refractivity contribution is 5.86. The quantitative estimate of drug-likeness (QED) is 0.789. The maximum Gasteiger partial charge on any atom is 0.407 e. The number of alkyl carbamates (subject to hydrolysis) is 1. The second kappa shape index (κ2) is 7.44. The summed E-state index contributed by atoms with van der Waals surface area (Å²) in [7, 11) is 0. The van der Waals surface area contributed by atoms with E-state index in [1.54, 1.807) is 0 Å². The van der Waals surface area contributed by atoms with Crippen LogP contribution in [0, 0.1) is 12.3 Å². The minimum Gasteiger partial charge on any atom is -0.446 e. The first-order valence-electron chi connectivity index (χ1n) is 9.93. The Morgan fingerprint density at radius 2 is 2.16 bits per heavy atom. The number of rotatable bonds is 3. The van der Waals surface area contributed by atoms with E-state index >= 15 is 0 Å². The number of ether oxygens (including phenoxy) is 1. The number of hydrogen-bond acceptors (Lipinski definition) is 2.